The highest BCUT2D eigenvalue weighted by Gasteiger charge is 2.20. The number of amides is 2. The van der Waals surface area contributed by atoms with Gasteiger partial charge in [-0.3, -0.25) is 19.7 Å². The summed E-state index contributed by atoms with van der Waals surface area (Å²) in [6, 6.07) is 18.7. The van der Waals surface area contributed by atoms with E-state index in [1.54, 1.807) is 24.3 Å². The first-order valence-corrected chi connectivity index (χ1v) is 13.3. The van der Waals surface area contributed by atoms with Gasteiger partial charge in [-0.05, 0) is 66.7 Å². The maximum Gasteiger partial charge on any atom is 0.343 e. The highest BCUT2D eigenvalue weighted by Crippen LogP contribution is 2.38. The summed E-state index contributed by atoms with van der Waals surface area (Å²) in [6.45, 7) is 0. The van der Waals surface area contributed by atoms with Crippen molar-refractivity contribution >= 4 is 47.0 Å². The van der Waals surface area contributed by atoms with E-state index in [-0.39, 0.29) is 51.3 Å². The first kappa shape index (κ1) is 32.0. The van der Waals surface area contributed by atoms with Gasteiger partial charge in [0, 0.05) is 39.5 Å². The van der Waals surface area contributed by atoms with Crippen molar-refractivity contribution in [2.24, 2.45) is 5.10 Å². The molecule has 0 aromatic heterocycles. The summed E-state index contributed by atoms with van der Waals surface area (Å²) in [6.07, 6.45) is 1.10. The Balaban J connectivity index is 1.47. The molecule has 0 heterocycles. The SMILES string of the molecule is COc1cc(C(=O)Oc2ccc([N+](=O)[O-])cc2/C=N/NC(=O)c2ccc(NC(=O)c3ccc(Cl)cc3)cc2)cc(OC)c1OC. The molecule has 0 aliphatic rings. The molecule has 4 aromatic rings. The molecule has 45 heavy (non-hydrogen) atoms. The summed E-state index contributed by atoms with van der Waals surface area (Å²) in [5.74, 6) is -1.16. The van der Waals surface area contributed by atoms with Crippen LogP contribution >= 0.6 is 11.6 Å². The van der Waals surface area contributed by atoms with E-state index in [1.807, 2.05) is 0 Å². The van der Waals surface area contributed by atoms with Gasteiger partial charge in [0.15, 0.2) is 11.5 Å². The number of non-ortho nitro benzene ring substituents is 1. The molecular weight excluding hydrogens is 608 g/mol. The third kappa shape index (κ3) is 7.91. The molecule has 13 nitrogen and oxygen atoms in total. The molecule has 230 valence electrons. The number of nitro benzene ring substituents is 1. The number of anilines is 1. The molecule has 0 unspecified atom stereocenters. The Morgan fingerprint density at radius 2 is 1.38 bits per heavy atom. The molecule has 4 aromatic carbocycles. The molecular formula is C31H25ClN4O9. The number of esters is 1. The van der Waals surface area contributed by atoms with E-state index >= 15 is 0 Å². The Hall–Kier alpha value is -5.95. The zero-order chi connectivity index (χ0) is 32.5. The van der Waals surface area contributed by atoms with Gasteiger partial charge in [0.2, 0.25) is 5.75 Å². The number of nitrogens with one attached hydrogen (secondary N) is 2. The number of ether oxygens (including phenoxy) is 4. The monoisotopic (exact) mass is 632 g/mol. The number of halogens is 1. The van der Waals surface area contributed by atoms with Gasteiger partial charge in [-0.25, -0.2) is 10.2 Å². The molecule has 2 N–H and O–H groups in total. The maximum atomic E-state index is 13.0. The third-order valence-electron chi connectivity index (χ3n) is 6.19. The molecule has 0 atom stereocenters. The van der Waals surface area contributed by atoms with E-state index in [0.717, 1.165) is 18.3 Å². The van der Waals surface area contributed by atoms with E-state index < -0.39 is 16.8 Å². The molecule has 0 radical (unpaired) electrons. The zero-order valence-electron chi connectivity index (χ0n) is 24.0. The summed E-state index contributed by atoms with van der Waals surface area (Å²) < 4.78 is 21.3. The van der Waals surface area contributed by atoms with E-state index in [4.69, 9.17) is 30.5 Å². The Labute approximate surface area is 261 Å². The predicted molar refractivity (Wildman–Crippen MR) is 165 cm³/mol. The average Bonchev–Trinajstić information content (AvgIpc) is 3.05. The molecule has 0 bridgehead atoms. The lowest BCUT2D eigenvalue weighted by molar-refractivity contribution is -0.384. The number of nitrogens with zero attached hydrogens (tertiary/aromatic N) is 2. The van der Waals surface area contributed by atoms with Crippen LogP contribution in [0, 0.1) is 10.1 Å². The Kier molecular flexibility index (Phi) is 10.3. The predicted octanol–water partition coefficient (Wildman–Crippen LogP) is 5.51. The van der Waals surface area contributed by atoms with Gasteiger partial charge >= 0.3 is 5.97 Å². The van der Waals surface area contributed by atoms with Crippen molar-refractivity contribution in [3.8, 4) is 23.0 Å². The minimum atomic E-state index is -0.829. The first-order chi connectivity index (χ1) is 21.6. The number of hydrazone groups is 1. The van der Waals surface area contributed by atoms with Gasteiger partial charge in [0.05, 0.1) is 38.0 Å². The minimum Gasteiger partial charge on any atom is -0.493 e. The standard InChI is InChI=1S/C31H25ClN4O9/c1-42-26-15-20(16-27(43-2)28(26)44-3)31(39)45-25-13-12-24(36(40)41)14-21(25)17-33-35-30(38)19-6-10-23(11-7-19)34-29(37)18-4-8-22(32)9-5-18/h4-17H,1-3H3,(H,34,37)(H,35,38)/b33-17+. The second kappa shape index (κ2) is 14.5. The van der Waals surface area contributed by atoms with E-state index in [2.05, 4.69) is 15.8 Å². The van der Waals surface area contributed by atoms with E-state index in [0.29, 0.717) is 16.3 Å². The lowest BCUT2D eigenvalue weighted by atomic mass is 10.1. The number of benzene rings is 4. The smallest absolute Gasteiger partial charge is 0.343 e. The van der Waals surface area contributed by atoms with Crippen molar-refractivity contribution in [2.75, 3.05) is 26.6 Å². The number of carbonyl (C=O) groups is 3. The summed E-state index contributed by atoms with van der Waals surface area (Å²) >= 11 is 5.85. The van der Waals surface area contributed by atoms with Crippen LogP contribution in [0.3, 0.4) is 0 Å². The Bertz CT molecular complexity index is 1750. The van der Waals surface area contributed by atoms with Crippen LogP contribution in [-0.2, 0) is 0 Å². The third-order valence-corrected chi connectivity index (χ3v) is 6.44. The summed E-state index contributed by atoms with van der Waals surface area (Å²) in [5.41, 5.74) is 3.17. The highest BCUT2D eigenvalue weighted by molar-refractivity contribution is 6.30. The summed E-state index contributed by atoms with van der Waals surface area (Å²) in [7, 11) is 4.19. The molecule has 2 amide bonds. The molecule has 0 saturated heterocycles. The number of carbonyl (C=O) groups excluding carboxylic acids is 3. The largest absolute Gasteiger partial charge is 0.493 e. The fraction of sp³-hybridized carbons (Fsp3) is 0.0968. The molecule has 0 spiro atoms. The molecule has 4 rings (SSSR count). The zero-order valence-corrected chi connectivity index (χ0v) is 24.8. The number of methoxy groups -OCH3 is 3. The van der Waals surface area contributed by atoms with Gasteiger partial charge in [-0.2, -0.15) is 5.10 Å². The van der Waals surface area contributed by atoms with Gasteiger partial charge < -0.3 is 24.3 Å². The van der Waals surface area contributed by atoms with Crippen molar-refractivity contribution in [1.29, 1.82) is 0 Å². The normalized spacial score (nSPS) is 10.6. The molecule has 14 heteroatoms. The van der Waals surface area contributed by atoms with Crippen LogP contribution in [0.4, 0.5) is 11.4 Å². The van der Waals surface area contributed by atoms with Crippen LogP contribution in [0.2, 0.25) is 5.02 Å². The molecule has 0 aliphatic heterocycles. The van der Waals surface area contributed by atoms with Crippen molar-refractivity contribution in [2.45, 2.75) is 0 Å². The lowest BCUT2D eigenvalue weighted by Gasteiger charge is -2.14. The minimum absolute atomic E-state index is 0.0329. The fourth-order valence-corrected chi connectivity index (χ4v) is 4.06. The van der Waals surface area contributed by atoms with Crippen molar-refractivity contribution < 1.29 is 38.3 Å². The fourth-order valence-electron chi connectivity index (χ4n) is 3.94. The maximum absolute atomic E-state index is 13.0. The number of hydrogen-bond acceptors (Lipinski definition) is 10. The lowest BCUT2D eigenvalue weighted by Crippen LogP contribution is -2.18. The van der Waals surface area contributed by atoms with Crippen molar-refractivity contribution in [3.05, 3.63) is 116 Å². The van der Waals surface area contributed by atoms with Gasteiger partial charge in [-0.1, -0.05) is 11.6 Å². The highest BCUT2D eigenvalue weighted by atomic mass is 35.5. The Morgan fingerprint density at radius 3 is 1.96 bits per heavy atom. The van der Waals surface area contributed by atoms with Crippen molar-refractivity contribution in [3.63, 3.8) is 0 Å². The second-order valence-electron chi connectivity index (χ2n) is 9.02. The van der Waals surface area contributed by atoms with Crippen LogP contribution in [0.1, 0.15) is 36.6 Å². The van der Waals surface area contributed by atoms with Crippen LogP contribution in [0.15, 0.2) is 84.0 Å². The van der Waals surface area contributed by atoms with Crippen LogP contribution in [0.25, 0.3) is 0 Å². The summed E-state index contributed by atoms with van der Waals surface area (Å²) in [4.78, 5) is 48.8. The van der Waals surface area contributed by atoms with Crippen LogP contribution in [-0.4, -0.2) is 50.3 Å². The number of nitro groups is 1. The first-order valence-electron chi connectivity index (χ1n) is 12.9. The average molecular weight is 633 g/mol. The molecule has 0 aliphatic carbocycles. The molecule has 0 fully saturated rings. The van der Waals surface area contributed by atoms with Gasteiger partial charge in [-0.15, -0.1) is 0 Å². The van der Waals surface area contributed by atoms with Gasteiger partial charge in [0.1, 0.15) is 5.75 Å². The van der Waals surface area contributed by atoms with Crippen LogP contribution in [0.5, 0.6) is 23.0 Å². The van der Waals surface area contributed by atoms with E-state index in [1.165, 1.54) is 63.8 Å². The van der Waals surface area contributed by atoms with Crippen LogP contribution < -0.4 is 29.7 Å². The second-order valence-corrected chi connectivity index (χ2v) is 9.46. The Morgan fingerprint density at radius 1 is 0.778 bits per heavy atom. The van der Waals surface area contributed by atoms with Gasteiger partial charge in [0.25, 0.3) is 17.5 Å². The topological polar surface area (TPSA) is 168 Å². The van der Waals surface area contributed by atoms with Crippen molar-refractivity contribution in [1.82, 2.24) is 5.43 Å². The quantitative estimate of drug-likeness (QED) is 0.0712. The number of hydrogen-bond donors (Lipinski definition) is 2. The number of rotatable bonds is 11. The van der Waals surface area contributed by atoms with E-state index in [9.17, 15) is 24.5 Å². The summed E-state index contributed by atoms with van der Waals surface area (Å²) in [5, 5.41) is 18.5. The molecule has 0 saturated carbocycles.